The molecule has 0 unspecified atom stereocenters. The summed E-state index contributed by atoms with van der Waals surface area (Å²) in [6, 6.07) is 0. The molecule has 0 saturated carbocycles. The average molecular weight is 244 g/mol. The molecule has 0 bridgehead atoms. The van der Waals surface area contributed by atoms with Crippen LogP contribution < -0.4 is 0 Å². The van der Waals surface area contributed by atoms with Crippen molar-refractivity contribution in [1.82, 2.24) is 0 Å². The standard InChI is InChI=1S/C6H12O8S/c1-2-3(7)5(14-15(10,11)12)4(8)6(9)13-2/h2-9H,1H3,(H,10,11,12)/t2-,3+,4-,5+,6+/m0/s1. The maximum absolute atomic E-state index is 10.4. The summed E-state index contributed by atoms with van der Waals surface area (Å²) in [5, 5.41) is 27.7. The van der Waals surface area contributed by atoms with Crippen molar-refractivity contribution in [3.8, 4) is 0 Å². The Bertz CT molecular complexity index is 299. The lowest BCUT2D eigenvalue weighted by Gasteiger charge is -2.38. The Morgan fingerprint density at radius 3 is 2.20 bits per heavy atom. The Morgan fingerprint density at radius 2 is 1.73 bits per heavy atom. The van der Waals surface area contributed by atoms with Gasteiger partial charge in [-0.25, -0.2) is 4.18 Å². The van der Waals surface area contributed by atoms with Crippen LogP contribution in [0.15, 0.2) is 0 Å². The number of aliphatic hydroxyl groups excluding tert-OH is 3. The largest absolute Gasteiger partial charge is 0.397 e. The van der Waals surface area contributed by atoms with Crippen LogP contribution in [0.25, 0.3) is 0 Å². The van der Waals surface area contributed by atoms with Crippen LogP contribution in [-0.4, -0.2) is 59.0 Å². The van der Waals surface area contributed by atoms with Gasteiger partial charge in [-0.05, 0) is 6.92 Å². The zero-order valence-electron chi connectivity index (χ0n) is 7.72. The highest BCUT2D eigenvalue weighted by Crippen LogP contribution is 2.22. The van der Waals surface area contributed by atoms with Gasteiger partial charge < -0.3 is 20.1 Å². The molecular weight excluding hydrogens is 232 g/mol. The Hall–Kier alpha value is -0.290. The molecule has 0 aromatic rings. The minimum atomic E-state index is -4.82. The van der Waals surface area contributed by atoms with Crippen molar-refractivity contribution >= 4 is 10.4 Å². The molecule has 5 atom stereocenters. The second-order valence-corrected chi connectivity index (χ2v) is 4.25. The van der Waals surface area contributed by atoms with Crippen molar-refractivity contribution in [1.29, 1.82) is 0 Å². The topological polar surface area (TPSA) is 134 Å². The third-order valence-corrected chi connectivity index (χ3v) is 2.50. The van der Waals surface area contributed by atoms with E-state index >= 15 is 0 Å². The van der Waals surface area contributed by atoms with E-state index in [0.29, 0.717) is 0 Å². The third-order valence-electron chi connectivity index (χ3n) is 2.03. The van der Waals surface area contributed by atoms with E-state index in [-0.39, 0.29) is 0 Å². The molecule has 0 aromatic heterocycles. The molecule has 15 heavy (non-hydrogen) atoms. The van der Waals surface area contributed by atoms with Crippen LogP contribution >= 0.6 is 0 Å². The van der Waals surface area contributed by atoms with Crippen molar-refractivity contribution in [2.75, 3.05) is 0 Å². The molecule has 1 heterocycles. The van der Waals surface area contributed by atoms with Crippen molar-refractivity contribution in [2.45, 2.75) is 37.6 Å². The molecule has 1 rings (SSSR count). The number of ether oxygens (including phenoxy) is 1. The monoisotopic (exact) mass is 244 g/mol. The fourth-order valence-electron chi connectivity index (χ4n) is 1.27. The zero-order chi connectivity index (χ0) is 11.8. The smallest absolute Gasteiger partial charge is 0.388 e. The minimum Gasteiger partial charge on any atom is -0.388 e. The van der Waals surface area contributed by atoms with E-state index in [0.717, 1.165) is 0 Å². The van der Waals surface area contributed by atoms with Crippen LogP contribution in [0.3, 0.4) is 0 Å². The SMILES string of the molecule is C[C@@H]1O[C@@H](O)[C@@H](O)[C@H](OS(=O)(=O)O)[C@@H]1O. The summed E-state index contributed by atoms with van der Waals surface area (Å²) >= 11 is 0. The minimum absolute atomic E-state index is 0.935. The molecule has 4 N–H and O–H groups in total. The van der Waals surface area contributed by atoms with Crippen LogP contribution in [0.4, 0.5) is 0 Å². The summed E-state index contributed by atoms with van der Waals surface area (Å²) in [6.07, 6.45) is -7.53. The Morgan fingerprint density at radius 1 is 1.20 bits per heavy atom. The molecule has 0 radical (unpaired) electrons. The van der Waals surface area contributed by atoms with E-state index in [4.69, 9.17) is 9.66 Å². The summed E-state index contributed by atoms with van der Waals surface area (Å²) in [6.45, 7) is 1.35. The van der Waals surface area contributed by atoms with Crippen LogP contribution in [0, 0.1) is 0 Å². The number of rotatable bonds is 2. The number of hydrogen-bond donors (Lipinski definition) is 4. The highest BCUT2D eigenvalue weighted by Gasteiger charge is 2.45. The van der Waals surface area contributed by atoms with E-state index in [1.807, 2.05) is 0 Å². The van der Waals surface area contributed by atoms with Crippen molar-refractivity contribution in [2.24, 2.45) is 0 Å². The lowest BCUT2D eigenvalue weighted by atomic mass is 10.0. The fraction of sp³-hybridized carbons (Fsp3) is 1.00. The predicted octanol–water partition coefficient (Wildman–Crippen LogP) is -2.37. The second-order valence-electron chi connectivity index (χ2n) is 3.20. The molecule has 0 amide bonds. The molecule has 0 aliphatic carbocycles. The van der Waals surface area contributed by atoms with Crippen molar-refractivity contribution in [3.05, 3.63) is 0 Å². The summed E-state index contributed by atoms with van der Waals surface area (Å²) < 4.78 is 37.9. The number of hydrogen-bond acceptors (Lipinski definition) is 7. The van der Waals surface area contributed by atoms with Gasteiger partial charge in [-0.3, -0.25) is 4.55 Å². The van der Waals surface area contributed by atoms with Gasteiger partial charge in [0.25, 0.3) is 0 Å². The van der Waals surface area contributed by atoms with E-state index in [1.54, 1.807) is 0 Å². The summed E-state index contributed by atoms with van der Waals surface area (Å²) in [4.78, 5) is 0. The van der Waals surface area contributed by atoms with Crippen molar-refractivity contribution < 1.29 is 37.2 Å². The highest BCUT2D eigenvalue weighted by molar-refractivity contribution is 7.80. The normalized spacial score (nSPS) is 42.9. The van der Waals surface area contributed by atoms with Gasteiger partial charge in [0.15, 0.2) is 6.29 Å². The van der Waals surface area contributed by atoms with Gasteiger partial charge >= 0.3 is 10.4 Å². The van der Waals surface area contributed by atoms with Gasteiger partial charge in [0.1, 0.15) is 18.3 Å². The molecule has 0 aromatic carbocycles. The Kier molecular flexibility index (Phi) is 3.66. The van der Waals surface area contributed by atoms with E-state index in [9.17, 15) is 18.6 Å². The van der Waals surface area contributed by atoms with Gasteiger partial charge in [0.05, 0.1) is 6.10 Å². The van der Waals surface area contributed by atoms with Gasteiger partial charge in [0, 0.05) is 0 Å². The molecule has 90 valence electrons. The van der Waals surface area contributed by atoms with Gasteiger partial charge in [0.2, 0.25) is 0 Å². The number of aliphatic hydroxyl groups is 3. The van der Waals surface area contributed by atoms with Gasteiger partial charge in [-0.2, -0.15) is 8.42 Å². The lowest BCUT2D eigenvalue weighted by molar-refractivity contribution is -0.272. The first-order valence-corrected chi connectivity index (χ1v) is 5.44. The van der Waals surface area contributed by atoms with E-state index in [2.05, 4.69) is 8.92 Å². The summed E-state index contributed by atoms with van der Waals surface area (Å²) in [5.41, 5.74) is 0. The molecular formula is C6H12O8S. The molecule has 1 saturated heterocycles. The maximum atomic E-state index is 10.4. The van der Waals surface area contributed by atoms with Crippen LogP contribution in [0.1, 0.15) is 6.92 Å². The lowest BCUT2D eigenvalue weighted by Crippen LogP contribution is -2.58. The van der Waals surface area contributed by atoms with Crippen LogP contribution in [-0.2, 0) is 19.3 Å². The molecule has 8 nitrogen and oxygen atoms in total. The van der Waals surface area contributed by atoms with Gasteiger partial charge in [-0.1, -0.05) is 0 Å². The molecule has 1 fully saturated rings. The first-order chi connectivity index (χ1) is 6.72. The fourth-order valence-corrected chi connectivity index (χ4v) is 1.78. The Labute approximate surface area is 86.0 Å². The molecule has 9 heteroatoms. The summed E-state index contributed by atoms with van der Waals surface area (Å²) in [7, 11) is -4.82. The first kappa shape index (κ1) is 12.8. The van der Waals surface area contributed by atoms with Gasteiger partial charge in [-0.15, -0.1) is 0 Å². The second kappa shape index (κ2) is 4.29. The van der Waals surface area contributed by atoms with Crippen molar-refractivity contribution in [3.63, 3.8) is 0 Å². The highest BCUT2D eigenvalue weighted by atomic mass is 32.3. The van der Waals surface area contributed by atoms with Crippen LogP contribution in [0.5, 0.6) is 0 Å². The first-order valence-electron chi connectivity index (χ1n) is 4.07. The molecule has 1 aliphatic rings. The third kappa shape index (κ3) is 3.08. The zero-order valence-corrected chi connectivity index (χ0v) is 8.53. The Balaban J connectivity index is 2.82. The van der Waals surface area contributed by atoms with E-state index in [1.165, 1.54) is 6.92 Å². The quantitative estimate of drug-likeness (QED) is 0.396. The molecule has 0 spiro atoms. The van der Waals surface area contributed by atoms with E-state index < -0.39 is 41.1 Å². The average Bonchev–Trinajstić information content (AvgIpc) is 2.08. The van der Waals surface area contributed by atoms with Crippen LogP contribution in [0.2, 0.25) is 0 Å². The molecule has 1 aliphatic heterocycles. The predicted molar refractivity (Wildman–Crippen MR) is 45.0 cm³/mol. The maximum Gasteiger partial charge on any atom is 0.397 e. The summed E-state index contributed by atoms with van der Waals surface area (Å²) in [5.74, 6) is 0.